The van der Waals surface area contributed by atoms with Gasteiger partial charge in [0.15, 0.2) is 0 Å². The number of carboxylic acid groups (broad SMARTS) is 2. The van der Waals surface area contributed by atoms with Crippen molar-refractivity contribution in [3.8, 4) is 0 Å². The maximum absolute atomic E-state index is 10.2. The van der Waals surface area contributed by atoms with Gasteiger partial charge in [-0.05, 0) is 97.7 Å². The highest BCUT2D eigenvalue weighted by molar-refractivity contribution is 5.89. The number of aliphatic carboxylic acids is 2. The molecule has 0 aromatic carbocycles. The highest BCUT2D eigenvalue weighted by atomic mass is 16.9. The number of allylic oxidation sites excluding steroid dienone is 1. The zero-order valence-corrected chi connectivity index (χ0v) is 24.9. The average molecular weight is 566 g/mol. The van der Waals surface area contributed by atoms with Gasteiger partial charge in [0.1, 0.15) is 0 Å². The number of hydrogen-bond donors (Lipinski definition) is 4. The van der Waals surface area contributed by atoms with E-state index in [2.05, 4.69) is 40.7 Å². The van der Waals surface area contributed by atoms with Gasteiger partial charge in [0, 0.05) is 12.2 Å². The minimum atomic E-state index is -1.50. The van der Waals surface area contributed by atoms with Crippen molar-refractivity contribution in [3.63, 3.8) is 0 Å². The largest absolute Gasteiger partial charge is 0.478 e. The molecule has 3 fully saturated rings. The molecule has 0 aromatic rings. The Balaban J connectivity index is 0.000000394. The lowest BCUT2D eigenvalue weighted by Gasteiger charge is -2.58. The van der Waals surface area contributed by atoms with Crippen LogP contribution in [0.25, 0.3) is 0 Å². The van der Waals surface area contributed by atoms with Gasteiger partial charge in [0.2, 0.25) is 0 Å². The number of aliphatic hydroxyl groups is 1. The lowest BCUT2D eigenvalue weighted by molar-refractivity contribution is -0.742. The highest BCUT2D eigenvalue weighted by Gasteiger charge is 2.59. The molecule has 3 saturated carbocycles. The van der Waals surface area contributed by atoms with Crippen molar-refractivity contribution in [1.29, 1.82) is 0 Å². The first-order valence-corrected chi connectivity index (χ1v) is 15.0. The number of aliphatic hydroxyl groups excluding tert-OH is 1. The normalized spacial score (nSPS) is 35.1. The van der Waals surface area contributed by atoms with Crippen molar-refractivity contribution in [2.75, 3.05) is 0 Å². The van der Waals surface area contributed by atoms with E-state index in [1.807, 2.05) is 0 Å². The number of fused-ring (bicyclic) bond motifs is 5. The molecule has 0 bridgehead atoms. The molecule has 0 aliphatic heterocycles. The maximum Gasteiger partial charge on any atom is 0.328 e. The summed E-state index contributed by atoms with van der Waals surface area (Å²) in [5, 5.41) is 39.5. The van der Waals surface area contributed by atoms with Crippen LogP contribution in [-0.2, 0) is 9.59 Å². The van der Waals surface area contributed by atoms with Crippen molar-refractivity contribution < 1.29 is 35.2 Å². The Bertz CT molecular complexity index is 926. The van der Waals surface area contributed by atoms with Crippen LogP contribution < -0.4 is 0 Å². The first-order chi connectivity index (χ1) is 18.6. The van der Waals surface area contributed by atoms with Crippen LogP contribution in [0.15, 0.2) is 23.8 Å². The van der Waals surface area contributed by atoms with Gasteiger partial charge in [-0.3, -0.25) is 0 Å². The van der Waals surface area contributed by atoms with Crippen LogP contribution in [-0.4, -0.2) is 43.7 Å². The van der Waals surface area contributed by atoms with Crippen LogP contribution in [0.5, 0.6) is 0 Å². The molecule has 0 aromatic heterocycles. The van der Waals surface area contributed by atoms with Crippen LogP contribution in [0, 0.1) is 56.5 Å². The topological polar surface area (TPSA) is 158 Å². The van der Waals surface area contributed by atoms with E-state index in [1.54, 1.807) is 5.57 Å². The average Bonchev–Trinajstić information content (AvgIpc) is 3.20. The van der Waals surface area contributed by atoms with E-state index in [0.717, 1.165) is 48.3 Å². The quantitative estimate of drug-likeness (QED) is 0.114. The fourth-order valence-electron chi connectivity index (χ4n) is 8.81. The van der Waals surface area contributed by atoms with Crippen LogP contribution in [0.2, 0.25) is 0 Å². The number of rotatable bonds is 7. The first kappa shape index (κ1) is 33.8. The van der Waals surface area contributed by atoms with E-state index in [4.69, 9.17) is 25.5 Å². The summed E-state index contributed by atoms with van der Waals surface area (Å²) in [4.78, 5) is 27.5. The second-order valence-corrected chi connectivity index (χ2v) is 13.4. The number of nitrogens with zero attached hydrogens (tertiary/aromatic N) is 1. The number of carbonyl (C=O) groups is 2. The number of hydrogen-bond acceptors (Lipinski definition) is 5. The second-order valence-electron chi connectivity index (χ2n) is 13.4. The zero-order chi connectivity index (χ0) is 30.3. The van der Waals surface area contributed by atoms with Gasteiger partial charge in [0.25, 0.3) is 5.09 Å². The van der Waals surface area contributed by atoms with E-state index in [9.17, 15) is 14.7 Å². The van der Waals surface area contributed by atoms with E-state index in [-0.39, 0.29) is 6.10 Å². The Morgan fingerprint density at radius 3 is 2.17 bits per heavy atom. The predicted molar refractivity (Wildman–Crippen MR) is 152 cm³/mol. The summed E-state index contributed by atoms with van der Waals surface area (Å²) in [5.41, 5.74) is 2.60. The van der Waals surface area contributed by atoms with E-state index >= 15 is 0 Å². The smallest absolute Gasteiger partial charge is 0.328 e. The standard InChI is InChI=1S/C27H46O.C4H4O4.HNO3/c1-18(2)7-6-8-19(3)23-11-12-24-22-10-9-20-17-21(28)13-15-26(20,4)25(22)14-16-27(23,24)5;5-3(6)1-2-4(7)8;2-1(3)4/h9,18-19,21-25,28H,6-8,10-17H2,1-5H3;1-2H,(H,5,6)(H,7,8);(H,2,3,4)/t19-,21+,22+,23-,24+,25+,26+,27-;;/m1../s1. The summed E-state index contributed by atoms with van der Waals surface area (Å²) in [7, 11) is 0. The Labute approximate surface area is 238 Å². The summed E-state index contributed by atoms with van der Waals surface area (Å²) in [5.74, 6) is 2.94. The monoisotopic (exact) mass is 565 g/mol. The molecule has 0 saturated heterocycles. The molecule has 4 aliphatic carbocycles. The van der Waals surface area contributed by atoms with E-state index in [0.29, 0.717) is 23.0 Å². The third-order valence-corrected chi connectivity index (χ3v) is 10.6. The molecule has 9 heteroatoms. The molecule has 0 unspecified atom stereocenters. The van der Waals surface area contributed by atoms with Crippen molar-refractivity contribution in [2.24, 2.45) is 46.3 Å². The summed E-state index contributed by atoms with van der Waals surface area (Å²) in [6, 6.07) is 0. The Hall–Kier alpha value is -2.42. The molecule has 4 rings (SSSR count). The highest BCUT2D eigenvalue weighted by Crippen LogP contribution is 2.67. The van der Waals surface area contributed by atoms with E-state index < -0.39 is 17.0 Å². The Morgan fingerprint density at radius 1 is 1.02 bits per heavy atom. The minimum Gasteiger partial charge on any atom is -0.478 e. The van der Waals surface area contributed by atoms with Crippen molar-refractivity contribution in [3.05, 3.63) is 33.9 Å². The summed E-state index contributed by atoms with van der Waals surface area (Å²) in [6.45, 7) is 12.6. The fraction of sp³-hybridized carbons (Fsp3) is 0.806. The van der Waals surface area contributed by atoms with E-state index in [1.165, 1.54) is 57.8 Å². The molecule has 4 aliphatic rings. The van der Waals surface area contributed by atoms with Crippen molar-refractivity contribution >= 4 is 11.9 Å². The van der Waals surface area contributed by atoms with Gasteiger partial charge >= 0.3 is 11.9 Å². The molecule has 0 amide bonds. The molecular weight excluding hydrogens is 514 g/mol. The fourth-order valence-corrected chi connectivity index (χ4v) is 8.81. The molecule has 228 valence electrons. The van der Waals surface area contributed by atoms with Gasteiger partial charge < -0.3 is 20.5 Å². The summed E-state index contributed by atoms with van der Waals surface area (Å²) >= 11 is 0. The molecule has 0 heterocycles. The third-order valence-electron chi connectivity index (χ3n) is 10.6. The lowest BCUT2D eigenvalue weighted by atomic mass is 9.47. The Kier molecular flexibility index (Phi) is 12.2. The molecule has 8 atom stereocenters. The van der Waals surface area contributed by atoms with Crippen LogP contribution in [0.4, 0.5) is 0 Å². The maximum atomic E-state index is 10.2. The lowest BCUT2D eigenvalue weighted by Crippen LogP contribution is -2.50. The summed E-state index contributed by atoms with van der Waals surface area (Å²) < 4.78 is 0. The van der Waals surface area contributed by atoms with Gasteiger partial charge in [-0.15, -0.1) is 10.1 Å². The minimum absolute atomic E-state index is 0.0766. The SMILES string of the molecule is CC(C)CCC[C@@H](C)[C@H]1CC[C@H]2[C@@H]3CC=C4C[C@@H](O)CC[C@]4(C)[C@H]3CC[C@]12C.O=C(O)C=CC(=O)O.O=[N+]([O-])O. The van der Waals surface area contributed by atoms with Crippen LogP contribution in [0.3, 0.4) is 0 Å². The molecular formula is C31H51NO8. The third kappa shape index (κ3) is 8.54. The predicted octanol–water partition coefficient (Wildman–Crippen LogP) is 6.75. The Morgan fingerprint density at radius 2 is 1.62 bits per heavy atom. The molecule has 40 heavy (non-hydrogen) atoms. The molecule has 9 nitrogen and oxygen atoms in total. The van der Waals surface area contributed by atoms with Gasteiger partial charge in [0.05, 0.1) is 6.10 Å². The van der Waals surface area contributed by atoms with Gasteiger partial charge in [-0.1, -0.05) is 65.5 Å². The summed E-state index contributed by atoms with van der Waals surface area (Å²) in [6.07, 6.45) is 18.3. The van der Waals surface area contributed by atoms with Crippen molar-refractivity contribution in [1.82, 2.24) is 0 Å². The van der Waals surface area contributed by atoms with Crippen LogP contribution >= 0.6 is 0 Å². The first-order valence-electron chi connectivity index (χ1n) is 15.0. The zero-order valence-electron chi connectivity index (χ0n) is 24.9. The molecule has 0 spiro atoms. The van der Waals surface area contributed by atoms with Gasteiger partial charge in [-0.25, -0.2) is 9.59 Å². The number of carboxylic acids is 2. The van der Waals surface area contributed by atoms with Gasteiger partial charge in [-0.2, -0.15) is 0 Å². The molecule has 0 radical (unpaired) electrons. The van der Waals surface area contributed by atoms with Crippen LogP contribution in [0.1, 0.15) is 105 Å². The van der Waals surface area contributed by atoms with Crippen molar-refractivity contribution in [2.45, 2.75) is 111 Å². The molecule has 4 N–H and O–H groups in total. The second kappa shape index (κ2) is 14.5.